The fourth-order valence-electron chi connectivity index (χ4n) is 2.21. The van der Waals surface area contributed by atoms with Gasteiger partial charge in [0.1, 0.15) is 0 Å². The Kier molecular flexibility index (Phi) is 2.67. The Morgan fingerprint density at radius 3 is 3.50 bits per heavy atom. The molecule has 3 heterocycles. The lowest BCUT2D eigenvalue weighted by Gasteiger charge is -2.15. The summed E-state index contributed by atoms with van der Waals surface area (Å²) < 4.78 is 7.79. The molecule has 1 atom stereocenters. The second-order valence-electron chi connectivity index (χ2n) is 4.06. The first kappa shape index (κ1) is 10.3. The van der Waals surface area contributed by atoms with Crippen molar-refractivity contribution in [1.29, 1.82) is 0 Å². The lowest BCUT2D eigenvalue weighted by Crippen LogP contribution is -2.25. The van der Waals surface area contributed by atoms with Crippen LogP contribution >= 0.6 is 11.3 Å². The van der Waals surface area contributed by atoms with Crippen molar-refractivity contribution in [3.8, 4) is 0 Å². The zero-order valence-corrected chi connectivity index (χ0v) is 10.1. The van der Waals surface area contributed by atoms with Crippen LogP contribution in [0.3, 0.4) is 0 Å². The number of aromatic nitrogens is 2. The molecule has 3 rings (SSSR count). The number of nitrogens with zero attached hydrogens (tertiary/aromatic N) is 2. The van der Waals surface area contributed by atoms with E-state index in [0.29, 0.717) is 6.04 Å². The van der Waals surface area contributed by atoms with Crippen LogP contribution in [0.25, 0.3) is 4.96 Å². The quantitative estimate of drug-likeness (QED) is 0.821. The maximum Gasteiger partial charge on any atom is 0.194 e. The van der Waals surface area contributed by atoms with Crippen LogP contribution in [-0.4, -0.2) is 29.1 Å². The van der Waals surface area contributed by atoms with Gasteiger partial charge >= 0.3 is 0 Å². The summed E-state index contributed by atoms with van der Waals surface area (Å²) in [6.45, 7) is 4.79. The molecule has 2 aromatic heterocycles. The molecule has 0 amide bonds. The minimum Gasteiger partial charge on any atom is -0.379 e. The summed E-state index contributed by atoms with van der Waals surface area (Å²) in [5, 5.41) is 3.54. The van der Waals surface area contributed by atoms with Gasteiger partial charge in [0, 0.05) is 23.9 Å². The van der Waals surface area contributed by atoms with Gasteiger partial charge in [-0.1, -0.05) is 0 Å². The van der Waals surface area contributed by atoms with Gasteiger partial charge in [-0.3, -0.25) is 4.40 Å². The van der Waals surface area contributed by atoms with Crippen molar-refractivity contribution in [3.05, 3.63) is 23.0 Å². The molecule has 1 N–H and O–H groups in total. The van der Waals surface area contributed by atoms with Crippen molar-refractivity contribution in [2.45, 2.75) is 19.4 Å². The topological polar surface area (TPSA) is 38.6 Å². The van der Waals surface area contributed by atoms with Crippen LogP contribution < -0.4 is 5.32 Å². The first-order chi connectivity index (χ1) is 7.86. The van der Waals surface area contributed by atoms with E-state index in [1.165, 1.54) is 10.6 Å². The van der Waals surface area contributed by atoms with Crippen LogP contribution in [0.4, 0.5) is 0 Å². The Hall–Kier alpha value is -0.910. The second-order valence-corrected chi connectivity index (χ2v) is 5.24. The number of rotatable bonds is 1. The Labute approximate surface area is 98.3 Å². The van der Waals surface area contributed by atoms with E-state index in [4.69, 9.17) is 4.74 Å². The summed E-state index contributed by atoms with van der Waals surface area (Å²) in [5.74, 6) is 0. The minimum absolute atomic E-state index is 0.297. The van der Waals surface area contributed by atoms with Gasteiger partial charge < -0.3 is 10.1 Å². The number of ether oxygens (including phenoxy) is 1. The molecular formula is C11H15N3OS. The van der Waals surface area contributed by atoms with Gasteiger partial charge in [0.15, 0.2) is 4.96 Å². The third-order valence-electron chi connectivity index (χ3n) is 2.94. The van der Waals surface area contributed by atoms with Crippen molar-refractivity contribution < 1.29 is 4.74 Å². The smallest absolute Gasteiger partial charge is 0.194 e. The monoisotopic (exact) mass is 237 g/mol. The standard InChI is InChI=1S/C11H15N3OS/c1-8-10(9-7-15-6-2-3-12-9)14-5-4-13-11(14)16-8/h4-5,9,12H,2-3,6-7H2,1H3. The third-order valence-corrected chi connectivity index (χ3v) is 3.94. The number of aryl methyl sites for hydroxylation is 1. The van der Waals surface area contributed by atoms with Gasteiger partial charge in [0.25, 0.3) is 0 Å². The summed E-state index contributed by atoms with van der Waals surface area (Å²) in [5.41, 5.74) is 1.31. The Bertz CT molecular complexity index is 482. The molecular weight excluding hydrogens is 222 g/mol. The van der Waals surface area contributed by atoms with Crippen molar-refractivity contribution in [3.63, 3.8) is 0 Å². The van der Waals surface area contributed by atoms with Crippen molar-refractivity contribution in [2.75, 3.05) is 19.8 Å². The molecule has 1 fully saturated rings. The molecule has 1 aliphatic rings. The molecule has 5 heteroatoms. The Morgan fingerprint density at radius 1 is 1.62 bits per heavy atom. The zero-order valence-electron chi connectivity index (χ0n) is 9.27. The molecule has 0 saturated carbocycles. The van der Waals surface area contributed by atoms with Gasteiger partial charge in [-0.2, -0.15) is 0 Å². The molecule has 0 aromatic carbocycles. The van der Waals surface area contributed by atoms with E-state index in [9.17, 15) is 0 Å². The highest BCUT2D eigenvalue weighted by Crippen LogP contribution is 2.27. The highest BCUT2D eigenvalue weighted by molar-refractivity contribution is 7.17. The lowest BCUT2D eigenvalue weighted by molar-refractivity contribution is 0.130. The van der Waals surface area contributed by atoms with Gasteiger partial charge in [-0.25, -0.2) is 4.98 Å². The van der Waals surface area contributed by atoms with Crippen LogP contribution in [0.15, 0.2) is 12.4 Å². The molecule has 1 saturated heterocycles. The average molecular weight is 237 g/mol. The molecule has 16 heavy (non-hydrogen) atoms. The van der Waals surface area contributed by atoms with Gasteiger partial charge in [0.2, 0.25) is 0 Å². The van der Waals surface area contributed by atoms with E-state index in [1.54, 1.807) is 11.3 Å². The van der Waals surface area contributed by atoms with E-state index in [1.807, 2.05) is 12.4 Å². The maximum absolute atomic E-state index is 5.62. The zero-order chi connectivity index (χ0) is 11.0. The van der Waals surface area contributed by atoms with Crippen LogP contribution in [0, 0.1) is 6.92 Å². The van der Waals surface area contributed by atoms with Crippen LogP contribution in [0.1, 0.15) is 23.0 Å². The molecule has 2 aromatic rings. The van der Waals surface area contributed by atoms with Crippen molar-refractivity contribution in [1.82, 2.24) is 14.7 Å². The van der Waals surface area contributed by atoms with Crippen LogP contribution in [0.2, 0.25) is 0 Å². The van der Waals surface area contributed by atoms with E-state index in [-0.39, 0.29) is 0 Å². The third kappa shape index (κ3) is 1.65. The normalized spacial score (nSPS) is 22.4. The van der Waals surface area contributed by atoms with Crippen molar-refractivity contribution >= 4 is 16.3 Å². The molecule has 86 valence electrons. The highest BCUT2D eigenvalue weighted by Gasteiger charge is 2.21. The summed E-state index contributed by atoms with van der Waals surface area (Å²) in [6, 6.07) is 0.297. The predicted molar refractivity (Wildman–Crippen MR) is 64.0 cm³/mol. The average Bonchev–Trinajstić information content (AvgIpc) is 2.70. The molecule has 0 spiro atoms. The summed E-state index contributed by atoms with van der Waals surface area (Å²) in [6.07, 6.45) is 4.97. The maximum atomic E-state index is 5.62. The fraction of sp³-hybridized carbons (Fsp3) is 0.545. The number of fused-ring (bicyclic) bond motifs is 1. The SMILES string of the molecule is Cc1sc2nccn2c1C1COCCCN1. The number of hydrogen-bond acceptors (Lipinski definition) is 4. The molecule has 0 radical (unpaired) electrons. The fourth-order valence-corrected chi connectivity index (χ4v) is 3.20. The molecule has 0 aliphatic carbocycles. The minimum atomic E-state index is 0.297. The second kappa shape index (κ2) is 4.16. The molecule has 1 aliphatic heterocycles. The Morgan fingerprint density at radius 2 is 2.56 bits per heavy atom. The Balaban J connectivity index is 2.02. The largest absolute Gasteiger partial charge is 0.379 e. The van der Waals surface area contributed by atoms with E-state index in [0.717, 1.165) is 31.1 Å². The lowest BCUT2D eigenvalue weighted by atomic mass is 10.2. The van der Waals surface area contributed by atoms with Crippen LogP contribution in [-0.2, 0) is 4.74 Å². The number of hydrogen-bond donors (Lipinski definition) is 1. The number of imidazole rings is 1. The number of nitrogens with one attached hydrogen (secondary N) is 1. The van der Waals surface area contributed by atoms with Gasteiger partial charge in [0.05, 0.1) is 18.3 Å². The van der Waals surface area contributed by atoms with Crippen LogP contribution in [0.5, 0.6) is 0 Å². The first-order valence-electron chi connectivity index (χ1n) is 5.60. The predicted octanol–water partition coefficient (Wildman–Crippen LogP) is 1.76. The van der Waals surface area contributed by atoms with Crippen molar-refractivity contribution in [2.24, 2.45) is 0 Å². The number of thiazole rings is 1. The van der Waals surface area contributed by atoms with Gasteiger partial charge in [-0.15, -0.1) is 11.3 Å². The van der Waals surface area contributed by atoms with Gasteiger partial charge in [-0.05, 0) is 19.9 Å². The summed E-state index contributed by atoms with van der Waals surface area (Å²) >= 11 is 1.74. The van der Waals surface area contributed by atoms with E-state index >= 15 is 0 Å². The van der Waals surface area contributed by atoms with E-state index in [2.05, 4.69) is 21.6 Å². The molecule has 1 unspecified atom stereocenters. The summed E-state index contributed by atoms with van der Waals surface area (Å²) in [7, 11) is 0. The summed E-state index contributed by atoms with van der Waals surface area (Å²) in [4.78, 5) is 6.72. The molecule has 4 nitrogen and oxygen atoms in total. The first-order valence-corrected chi connectivity index (χ1v) is 6.41. The van der Waals surface area contributed by atoms with E-state index < -0.39 is 0 Å². The highest BCUT2D eigenvalue weighted by atomic mass is 32.1. The molecule has 0 bridgehead atoms.